The van der Waals surface area contributed by atoms with Gasteiger partial charge in [0.25, 0.3) is 0 Å². The number of nitrogens with one attached hydrogen (secondary N) is 1. The van der Waals surface area contributed by atoms with Gasteiger partial charge in [-0.05, 0) is 32.1 Å². The highest BCUT2D eigenvalue weighted by molar-refractivity contribution is 5.78. The van der Waals surface area contributed by atoms with E-state index < -0.39 is 11.5 Å². The molecular weight excluding hydrogens is 190 g/mol. The van der Waals surface area contributed by atoms with Crippen molar-refractivity contribution in [3.8, 4) is 0 Å². The third-order valence-corrected chi connectivity index (χ3v) is 2.96. The van der Waals surface area contributed by atoms with E-state index >= 15 is 0 Å². The first-order valence-electron chi connectivity index (χ1n) is 5.89. The average Bonchev–Trinajstić information content (AvgIpc) is 2.12. The van der Waals surface area contributed by atoms with E-state index in [4.69, 9.17) is 0 Å². The van der Waals surface area contributed by atoms with Crippen molar-refractivity contribution in [3.05, 3.63) is 0 Å². The first kappa shape index (κ1) is 14.4. The van der Waals surface area contributed by atoms with Crippen molar-refractivity contribution in [2.75, 3.05) is 0 Å². The lowest BCUT2D eigenvalue weighted by Gasteiger charge is -2.32. The normalized spacial score (nSPS) is 14.3. The molecule has 0 rings (SSSR count). The predicted molar refractivity (Wildman–Crippen MR) is 63.0 cm³/mol. The minimum atomic E-state index is -0.742. The van der Waals surface area contributed by atoms with Crippen LogP contribution in [0.4, 0.5) is 0 Å². The van der Waals surface area contributed by atoms with E-state index in [9.17, 15) is 9.90 Å². The minimum Gasteiger partial charge on any atom is -0.480 e. The summed E-state index contributed by atoms with van der Waals surface area (Å²) in [5, 5.41) is 12.5. The standard InChI is InChI=1S/C12H25NO2/c1-6-12(7-2,11(14)15)13-10(5)8-9(3)4/h9-10,13H,6-8H2,1-5H3,(H,14,15). The molecule has 0 aliphatic heterocycles. The molecule has 0 radical (unpaired) electrons. The molecule has 0 bridgehead atoms. The Morgan fingerprint density at radius 2 is 1.73 bits per heavy atom. The van der Waals surface area contributed by atoms with Crippen molar-refractivity contribution in [2.45, 2.75) is 65.5 Å². The number of rotatable bonds is 7. The summed E-state index contributed by atoms with van der Waals surface area (Å²) in [7, 11) is 0. The Hall–Kier alpha value is -0.570. The van der Waals surface area contributed by atoms with Gasteiger partial charge in [-0.25, -0.2) is 0 Å². The second-order valence-electron chi connectivity index (χ2n) is 4.77. The third-order valence-electron chi connectivity index (χ3n) is 2.96. The van der Waals surface area contributed by atoms with Crippen molar-refractivity contribution in [1.82, 2.24) is 5.32 Å². The van der Waals surface area contributed by atoms with Gasteiger partial charge in [-0.2, -0.15) is 0 Å². The molecule has 1 atom stereocenters. The average molecular weight is 215 g/mol. The quantitative estimate of drug-likeness (QED) is 0.686. The van der Waals surface area contributed by atoms with Crippen molar-refractivity contribution in [2.24, 2.45) is 5.92 Å². The highest BCUT2D eigenvalue weighted by Gasteiger charge is 2.35. The Labute approximate surface area is 93.3 Å². The van der Waals surface area contributed by atoms with Crippen LogP contribution in [0.2, 0.25) is 0 Å². The van der Waals surface area contributed by atoms with Crippen molar-refractivity contribution >= 4 is 5.97 Å². The number of carboxylic acid groups (broad SMARTS) is 1. The molecule has 0 aromatic rings. The van der Waals surface area contributed by atoms with Crippen LogP contribution < -0.4 is 5.32 Å². The summed E-state index contributed by atoms with van der Waals surface area (Å²) in [6.45, 7) is 10.2. The Balaban J connectivity index is 4.47. The van der Waals surface area contributed by atoms with Crippen molar-refractivity contribution in [1.29, 1.82) is 0 Å². The molecule has 0 spiro atoms. The predicted octanol–water partition coefficient (Wildman–Crippen LogP) is 2.65. The first-order valence-corrected chi connectivity index (χ1v) is 5.89. The molecule has 15 heavy (non-hydrogen) atoms. The molecule has 2 N–H and O–H groups in total. The monoisotopic (exact) mass is 215 g/mol. The van der Waals surface area contributed by atoms with Crippen LogP contribution in [0.5, 0.6) is 0 Å². The highest BCUT2D eigenvalue weighted by Crippen LogP contribution is 2.18. The lowest BCUT2D eigenvalue weighted by molar-refractivity contribution is -0.145. The summed E-state index contributed by atoms with van der Waals surface area (Å²) in [5.41, 5.74) is -0.742. The fourth-order valence-electron chi connectivity index (χ4n) is 2.06. The van der Waals surface area contributed by atoms with E-state index in [0.29, 0.717) is 18.8 Å². The van der Waals surface area contributed by atoms with Crippen molar-refractivity contribution < 1.29 is 9.90 Å². The first-order chi connectivity index (χ1) is 6.88. The fourth-order valence-corrected chi connectivity index (χ4v) is 2.06. The summed E-state index contributed by atoms with van der Waals surface area (Å²) >= 11 is 0. The Bertz CT molecular complexity index is 198. The van der Waals surface area contributed by atoms with Gasteiger partial charge in [-0.3, -0.25) is 10.1 Å². The number of hydrogen-bond acceptors (Lipinski definition) is 2. The summed E-state index contributed by atoms with van der Waals surface area (Å²) in [5.74, 6) is -0.143. The molecule has 1 unspecified atom stereocenters. The largest absolute Gasteiger partial charge is 0.480 e. The topological polar surface area (TPSA) is 49.3 Å². The Morgan fingerprint density at radius 3 is 2.00 bits per heavy atom. The molecule has 0 fully saturated rings. The molecule has 0 aliphatic rings. The number of hydrogen-bond donors (Lipinski definition) is 2. The molecule has 0 aromatic heterocycles. The van der Waals surface area contributed by atoms with Gasteiger partial charge in [0.15, 0.2) is 0 Å². The highest BCUT2D eigenvalue weighted by atomic mass is 16.4. The fraction of sp³-hybridized carbons (Fsp3) is 0.917. The molecule has 90 valence electrons. The van der Waals surface area contributed by atoms with Gasteiger partial charge in [-0.15, -0.1) is 0 Å². The van der Waals surface area contributed by atoms with Gasteiger partial charge in [0.1, 0.15) is 5.54 Å². The van der Waals surface area contributed by atoms with Gasteiger partial charge in [-0.1, -0.05) is 27.7 Å². The van der Waals surface area contributed by atoms with Crippen LogP contribution in [-0.4, -0.2) is 22.7 Å². The molecule has 0 aromatic carbocycles. The van der Waals surface area contributed by atoms with Gasteiger partial charge in [0.2, 0.25) is 0 Å². The molecule has 0 saturated heterocycles. The molecule has 0 heterocycles. The number of aliphatic carboxylic acids is 1. The molecule has 3 heteroatoms. The second kappa shape index (κ2) is 6.11. The lowest BCUT2D eigenvalue weighted by atomic mass is 9.90. The molecule has 0 amide bonds. The minimum absolute atomic E-state index is 0.251. The maximum Gasteiger partial charge on any atom is 0.323 e. The van der Waals surface area contributed by atoms with Crippen LogP contribution in [0.25, 0.3) is 0 Å². The van der Waals surface area contributed by atoms with Gasteiger partial charge >= 0.3 is 5.97 Å². The summed E-state index contributed by atoms with van der Waals surface area (Å²) in [6, 6.07) is 0.251. The Morgan fingerprint density at radius 1 is 1.27 bits per heavy atom. The van der Waals surface area contributed by atoms with E-state index in [1.165, 1.54) is 0 Å². The molecule has 0 aliphatic carbocycles. The third kappa shape index (κ3) is 4.20. The van der Waals surface area contributed by atoms with E-state index in [2.05, 4.69) is 26.1 Å². The maximum atomic E-state index is 11.2. The number of carboxylic acids is 1. The second-order valence-corrected chi connectivity index (χ2v) is 4.77. The van der Waals surface area contributed by atoms with E-state index in [0.717, 1.165) is 6.42 Å². The van der Waals surface area contributed by atoms with E-state index in [1.54, 1.807) is 0 Å². The van der Waals surface area contributed by atoms with Crippen molar-refractivity contribution in [3.63, 3.8) is 0 Å². The summed E-state index contributed by atoms with van der Waals surface area (Å²) in [4.78, 5) is 11.2. The van der Waals surface area contributed by atoms with Crippen LogP contribution >= 0.6 is 0 Å². The smallest absolute Gasteiger partial charge is 0.323 e. The van der Waals surface area contributed by atoms with Crippen LogP contribution in [0, 0.1) is 5.92 Å². The van der Waals surface area contributed by atoms with Crippen LogP contribution in [0.15, 0.2) is 0 Å². The lowest BCUT2D eigenvalue weighted by Crippen LogP contribution is -2.54. The van der Waals surface area contributed by atoms with E-state index in [1.807, 2.05) is 13.8 Å². The van der Waals surface area contributed by atoms with Gasteiger partial charge in [0, 0.05) is 6.04 Å². The van der Waals surface area contributed by atoms with Gasteiger partial charge < -0.3 is 5.11 Å². The zero-order chi connectivity index (χ0) is 12.1. The summed E-state index contributed by atoms with van der Waals surface area (Å²) in [6.07, 6.45) is 2.26. The maximum absolute atomic E-state index is 11.2. The molecule has 0 saturated carbocycles. The number of carbonyl (C=O) groups is 1. The van der Waals surface area contributed by atoms with Crippen LogP contribution in [0.3, 0.4) is 0 Å². The zero-order valence-electron chi connectivity index (χ0n) is 10.6. The summed E-state index contributed by atoms with van der Waals surface area (Å²) < 4.78 is 0. The van der Waals surface area contributed by atoms with Gasteiger partial charge in [0.05, 0.1) is 0 Å². The zero-order valence-corrected chi connectivity index (χ0v) is 10.6. The Kier molecular flexibility index (Phi) is 5.88. The van der Waals surface area contributed by atoms with Crippen LogP contribution in [-0.2, 0) is 4.79 Å². The van der Waals surface area contributed by atoms with Crippen LogP contribution in [0.1, 0.15) is 53.9 Å². The van der Waals surface area contributed by atoms with E-state index in [-0.39, 0.29) is 6.04 Å². The molecule has 3 nitrogen and oxygen atoms in total. The SMILES string of the molecule is CCC(CC)(NC(C)CC(C)C)C(=O)O. The molecular formula is C12H25NO2.